The van der Waals surface area contributed by atoms with Crippen LogP contribution in [-0.4, -0.2) is 43.3 Å². The number of benzene rings is 1. The van der Waals surface area contributed by atoms with Gasteiger partial charge in [0.1, 0.15) is 12.4 Å². The predicted molar refractivity (Wildman–Crippen MR) is 102 cm³/mol. The number of nitrogens with one attached hydrogen (secondary N) is 1. The van der Waals surface area contributed by atoms with Crippen LogP contribution in [0.5, 0.6) is 0 Å². The highest BCUT2D eigenvalue weighted by atomic mass is 79.9. The molecule has 1 N–H and O–H groups in total. The second-order valence-corrected chi connectivity index (χ2v) is 6.77. The summed E-state index contributed by atoms with van der Waals surface area (Å²) in [5.41, 5.74) is 1.11. The molecule has 0 fully saturated rings. The summed E-state index contributed by atoms with van der Waals surface area (Å²) in [5, 5.41) is 7.68. The lowest BCUT2D eigenvalue weighted by atomic mass is 10.2. The number of para-hydroxylation sites is 1. The topological polar surface area (TPSA) is 23.3 Å². The molecule has 0 spiro atoms. The number of alkyl halides is 1. The van der Waals surface area contributed by atoms with Gasteiger partial charge in [0.05, 0.1) is 18.4 Å². The quantitative estimate of drug-likeness (QED) is 0.308. The van der Waals surface area contributed by atoms with Crippen molar-refractivity contribution >= 4 is 27.8 Å². The van der Waals surface area contributed by atoms with E-state index >= 15 is 0 Å². The third-order valence-corrected chi connectivity index (χ3v) is 4.76. The van der Waals surface area contributed by atoms with E-state index in [1.807, 2.05) is 30.3 Å². The summed E-state index contributed by atoms with van der Waals surface area (Å²) in [4.78, 5) is 3.70. The number of rotatable bonds is 9. The van der Waals surface area contributed by atoms with Crippen molar-refractivity contribution in [3.8, 4) is 0 Å². The maximum Gasteiger partial charge on any atom is 0.205 e. The minimum atomic E-state index is 0.289. The first-order valence-electron chi connectivity index (χ1n) is 8.37. The molecule has 0 saturated heterocycles. The van der Waals surface area contributed by atoms with Crippen LogP contribution in [0.15, 0.2) is 47.8 Å². The Balaban J connectivity index is 1.85. The normalized spacial score (nSPS) is 20.6. The second-order valence-electron chi connectivity index (χ2n) is 5.98. The monoisotopic (exact) mass is 379 g/mol. The van der Waals surface area contributed by atoms with Crippen LogP contribution in [0.25, 0.3) is 0 Å². The lowest BCUT2D eigenvalue weighted by Gasteiger charge is -2.23. The van der Waals surface area contributed by atoms with Gasteiger partial charge in [-0.3, -0.25) is 9.91 Å². The molecule has 1 aliphatic rings. The van der Waals surface area contributed by atoms with E-state index in [0.717, 1.165) is 17.6 Å². The Bertz CT molecular complexity index is 503. The lowest BCUT2D eigenvalue weighted by Crippen LogP contribution is -3.11. The van der Waals surface area contributed by atoms with Gasteiger partial charge in [0, 0.05) is 19.4 Å². The maximum atomic E-state index is 4.63. The second kappa shape index (κ2) is 9.73. The van der Waals surface area contributed by atoms with Gasteiger partial charge in [0.15, 0.2) is 0 Å². The van der Waals surface area contributed by atoms with Crippen LogP contribution in [0.2, 0.25) is 0 Å². The molecule has 4 nitrogen and oxygen atoms in total. The van der Waals surface area contributed by atoms with Crippen LogP contribution in [0.1, 0.15) is 25.7 Å². The Hall–Kier alpha value is -1.33. The maximum absolute atomic E-state index is 4.63. The highest BCUT2D eigenvalue weighted by Gasteiger charge is 2.26. The Labute approximate surface area is 148 Å². The first-order chi connectivity index (χ1) is 11.2. The molecule has 0 aromatic heterocycles. The van der Waals surface area contributed by atoms with Crippen molar-refractivity contribution in [1.82, 2.24) is 4.90 Å². The van der Waals surface area contributed by atoms with Crippen molar-refractivity contribution in [2.45, 2.75) is 31.8 Å². The molecule has 0 saturated carbocycles. The zero-order chi connectivity index (χ0) is 16.5. The number of hydrazone groups is 1. The van der Waals surface area contributed by atoms with Gasteiger partial charge in [-0.15, -0.1) is 0 Å². The third-order valence-electron chi connectivity index (χ3n) is 4.20. The van der Waals surface area contributed by atoms with E-state index < -0.39 is 0 Å². The summed E-state index contributed by atoms with van der Waals surface area (Å²) < 4.78 is 0. The molecule has 126 valence electrons. The van der Waals surface area contributed by atoms with Crippen molar-refractivity contribution < 1.29 is 4.90 Å². The van der Waals surface area contributed by atoms with Crippen LogP contribution in [0, 0.1) is 0 Å². The summed E-state index contributed by atoms with van der Waals surface area (Å²) >= 11 is 3.49. The van der Waals surface area contributed by atoms with Crippen LogP contribution in [-0.2, 0) is 0 Å². The zero-order valence-corrected chi connectivity index (χ0v) is 15.7. The number of hydrogen-bond acceptors (Lipinski definition) is 3. The molecule has 1 aromatic carbocycles. The average Bonchev–Trinajstić information content (AvgIpc) is 2.93. The summed E-state index contributed by atoms with van der Waals surface area (Å²) in [7, 11) is 4.11. The van der Waals surface area contributed by atoms with Crippen molar-refractivity contribution in [2.24, 2.45) is 5.10 Å². The van der Waals surface area contributed by atoms with E-state index in [9.17, 15) is 0 Å². The van der Waals surface area contributed by atoms with Crippen LogP contribution >= 0.6 is 15.9 Å². The first kappa shape index (κ1) is 18.0. The smallest absolute Gasteiger partial charge is 0.205 e. The van der Waals surface area contributed by atoms with E-state index in [-0.39, 0.29) is 6.17 Å². The van der Waals surface area contributed by atoms with Gasteiger partial charge in [-0.2, -0.15) is 5.10 Å². The van der Waals surface area contributed by atoms with E-state index in [1.165, 1.54) is 30.6 Å². The SMILES string of the molecule is CN(/N=C/C1N(C)C=C[NH+]1CCCCCCBr)c1ccccc1. The van der Waals surface area contributed by atoms with Crippen LogP contribution in [0.3, 0.4) is 0 Å². The number of anilines is 1. The van der Waals surface area contributed by atoms with Gasteiger partial charge in [-0.05, 0) is 31.4 Å². The van der Waals surface area contributed by atoms with E-state index in [4.69, 9.17) is 0 Å². The Morgan fingerprint density at radius 1 is 1.22 bits per heavy atom. The molecule has 1 aliphatic heterocycles. The highest BCUT2D eigenvalue weighted by molar-refractivity contribution is 9.09. The molecule has 2 rings (SSSR count). The summed E-state index contributed by atoms with van der Waals surface area (Å²) in [6.45, 7) is 1.16. The number of nitrogens with zero attached hydrogens (tertiary/aromatic N) is 3. The number of unbranched alkanes of at least 4 members (excludes halogenated alkanes) is 3. The molecule has 1 aromatic rings. The Morgan fingerprint density at radius 3 is 2.70 bits per heavy atom. The van der Waals surface area contributed by atoms with E-state index in [0.29, 0.717) is 0 Å². The van der Waals surface area contributed by atoms with E-state index in [1.54, 1.807) is 0 Å². The molecule has 0 aliphatic carbocycles. The molecular formula is C18H28BrN4+. The van der Waals surface area contributed by atoms with Gasteiger partial charge in [0.25, 0.3) is 0 Å². The predicted octanol–water partition coefficient (Wildman–Crippen LogP) is 2.69. The first-order valence-corrected chi connectivity index (χ1v) is 9.49. The summed E-state index contributed by atoms with van der Waals surface area (Å²) in [5.74, 6) is 0. The standard InChI is InChI=1S/C18H27BrN4/c1-21-14-15-23(13-9-4-3-8-12-19)18(21)16-20-22(2)17-10-6-5-7-11-17/h5-7,10-11,14-16,18H,3-4,8-9,12-13H2,1-2H3/p+1/b20-16+. The average molecular weight is 380 g/mol. The van der Waals surface area contributed by atoms with Gasteiger partial charge < -0.3 is 4.90 Å². The van der Waals surface area contributed by atoms with Gasteiger partial charge in [-0.1, -0.05) is 40.5 Å². The number of halogens is 1. The van der Waals surface area contributed by atoms with Crippen molar-refractivity contribution in [1.29, 1.82) is 0 Å². The summed E-state index contributed by atoms with van der Waals surface area (Å²) in [6, 6.07) is 10.2. The highest BCUT2D eigenvalue weighted by Crippen LogP contribution is 2.10. The number of hydrogen-bond donors (Lipinski definition) is 1. The van der Waals surface area contributed by atoms with Gasteiger partial charge >= 0.3 is 0 Å². The molecule has 23 heavy (non-hydrogen) atoms. The molecule has 2 atom stereocenters. The zero-order valence-electron chi connectivity index (χ0n) is 14.2. The molecule has 0 amide bonds. The molecule has 0 bridgehead atoms. The molecule has 1 heterocycles. The fraction of sp³-hybridized carbons (Fsp3) is 0.500. The minimum absolute atomic E-state index is 0.289. The lowest BCUT2D eigenvalue weighted by molar-refractivity contribution is -0.864. The number of quaternary nitrogens is 1. The fourth-order valence-electron chi connectivity index (χ4n) is 2.75. The molecule has 0 radical (unpaired) electrons. The largest absolute Gasteiger partial charge is 0.322 e. The third kappa shape index (κ3) is 5.66. The van der Waals surface area contributed by atoms with Crippen molar-refractivity contribution in [3.05, 3.63) is 42.7 Å². The minimum Gasteiger partial charge on any atom is -0.322 e. The van der Waals surface area contributed by atoms with Crippen molar-refractivity contribution in [3.63, 3.8) is 0 Å². The van der Waals surface area contributed by atoms with Gasteiger partial charge in [-0.25, -0.2) is 0 Å². The summed E-state index contributed by atoms with van der Waals surface area (Å²) in [6.07, 6.45) is 11.9. The van der Waals surface area contributed by atoms with Crippen molar-refractivity contribution in [2.75, 3.05) is 31.0 Å². The molecular weight excluding hydrogens is 352 g/mol. The molecule has 2 unspecified atom stereocenters. The Morgan fingerprint density at radius 2 is 1.96 bits per heavy atom. The van der Waals surface area contributed by atoms with E-state index in [2.05, 4.69) is 63.7 Å². The molecule has 5 heteroatoms. The Kier molecular flexibility index (Phi) is 7.62. The van der Waals surface area contributed by atoms with Gasteiger partial charge in [0.2, 0.25) is 6.17 Å². The fourth-order valence-corrected chi connectivity index (χ4v) is 3.15. The van der Waals surface area contributed by atoms with Crippen LogP contribution in [0.4, 0.5) is 5.69 Å². The van der Waals surface area contributed by atoms with Crippen LogP contribution < -0.4 is 9.91 Å².